The zero-order valence-electron chi connectivity index (χ0n) is 16.8. The molecule has 0 radical (unpaired) electrons. The molecule has 0 fully saturated rings. The van der Waals surface area contributed by atoms with Crippen molar-refractivity contribution in [2.75, 3.05) is 40.9 Å². The van der Waals surface area contributed by atoms with Crippen molar-refractivity contribution in [2.45, 2.75) is 12.5 Å². The molecule has 0 saturated carbocycles. The molecule has 154 valence electrons. The average Bonchev–Trinajstić information content (AvgIpc) is 3.31. The van der Waals surface area contributed by atoms with Gasteiger partial charge in [0.25, 0.3) is 17.7 Å². The number of fused-ring (bicyclic) bond motifs is 1. The van der Waals surface area contributed by atoms with Crippen molar-refractivity contribution in [2.24, 2.45) is 0 Å². The molecule has 1 aromatic heterocycles. The minimum atomic E-state index is -0.361. The van der Waals surface area contributed by atoms with Crippen molar-refractivity contribution in [1.82, 2.24) is 15.1 Å². The monoisotopic (exact) mass is 415 g/mol. The molecule has 3 amide bonds. The number of benzene rings is 1. The van der Waals surface area contributed by atoms with Gasteiger partial charge in [0.2, 0.25) is 0 Å². The summed E-state index contributed by atoms with van der Waals surface area (Å²) in [5.41, 5.74) is 0.989. The SMILES string of the molecule is COCCCN1C(=O)c2ccc(C(=O)NC[C@@H](c3cccs3)N(C)C)cc2C1=O. The van der Waals surface area contributed by atoms with Crippen LogP contribution in [0.3, 0.4) is 0 Å². The van der Waals surface area contributed by atoms with E-state index in [1.54, 1.807) is 30.6 Å². The molecule has 0 saturated heterocycles. The Kier molecular flexibility index (Phi) is 6.79. The molecule has 1 aliphatic heterocycles. The number of thiophene rings is 1. The standard InChI is InChI=1S/C21H25N3O4S/c1-23(2)17(18-6-4-11-29-18)13-22-19(25)14-7-8-15-16(12-14)21(27)24(20(15)26)9-5-10-28-3/h4,6-8,11-12,17H,5,9-10,13H2,1-3H3,(H,22,25)/t17-/m0/s1. The molecular formula is C21H25N3O4S. The van der Waals surface area contributed by atoms with E-state index >= 15 is 0 Å². The van der Waals surface area contributed by atoms with E-state index in [4.69, 9.17) is 4.74 Å². The minimum Gasteiger partial charge on any atom is -0.385 e. The smallest absolute Gasteiger partial charge is 0.261 e. The molecule has 1 aromatic carbocycles. The lowest BCUT2D eigenvalue weighted by molar-refractivity contribution is 0.0638. The summed E-state index contributed by atoms with van der Waals surface area (Å²) in [7, 11) is 5.51. The number of nitrogens with zero attached hydrogens (tertiary/aromatic N) is 2. The predicted molar refractivity (Wildman–Crippen MR) is 111 cm³/mol. The molecule has 2 heterocycles. The van der Waals surface area contributed by atoms with Crippen molar-refractivity contribution in [3.8, 4) is 0 Å². The summed E-state index contributed by atoms with van der Waals surface area (Å²) in [6.45, 7) is 1.21. The van der Waals surface area contributed by atoms with Crippen LogP contribution in [0.1, 0.15) is 48.4 Å². The first kappa shape index (κ1) is 21.2. The van der Waals surface area contributed by atoms with E-state index in [0.717, 1.165) is 4.88 Å². The van der Waals surface area contributed by atoms with Crippen LogP contribution < -0.4 is 5.32 Å². The topological polar surface area (TPSA) is 79.0 Å². The third-order valence-electron chi connectivity index (χ3n) is 4.91. The van der Waals surface area contributed by atoms with Gasteiger partial charge >= 0.3 is 0 Å². The first-order valence-corrected chi connectivity index (χ1v) is 10.3. The number of carbonyl (C=O) groups is 3. The third kappa shape index (κ3) is 4.55. The van der Waals surface area contributed by atoms with Gasteiger partial charge in [-0.15, -0.1) is 11.3 Å². The van der Waals surface area contributed by atoms with Gasteiger partial charge in [-0.3, -0.25) is 19.3 Å². The number of ether oxygens (including phenoxy) is 1. The van der Waals surface area contributed by atoms with Gasteiger partial charge in [-0.2, -0.15) is 0 Å². The molecule has 2 aromatic rings. The Morgan fingerprint density at radius 1 is 1.21 bits per heavy atom. The quantitative estimate of drug-likeness (QED) is 0.503. The number of rotatable bonds is 9. The van der Waals surface area contributed by atoms with E-state index in [9.17, 15) is 14.4 Å². The Balaban J connectivity index is 1.69. The Morgan fingerprint density at radius 3 is 2.62 bits per heavy atom. The number of amides is 3. The van der Waals surface area contributed by atoms with Crippen molar-refractivity contribution < 1.29 is 19.1 Å². The molecular weight excluding hydrogens is 390 g/mol. The molecule has 29 heavy (non-hydrogen) atoms. The fourth-order valence-corrected chi connectivity index (χ4v) is 4.23. The predicted octanol–water partition coefficient (Wildman–Crippen LogP) is 2.41. The number of imide groups is 1. The van der Waals surface area contributed by atoms with Gasteiger partial charge in [0.05, 0.1) is 17.2 Å². The highest BCUT2D eigenvalue weighted by atomic mass is 32.1. The zero-order chi connectivity index (χ0) is 21.0. The fourth-order valence-electron chi connectivity index (χ4n) is 3.31. The van der Waals surface area contributed by atoms with E-state index in [1.165, 1.54) is 11.0 Å². The van der Waals surface area contributed by atoms with Crippen molar-refractivity contribution >= 4 is 29.1 Å². The maximum atomic E-state index is 12.7. The van der Waals surface area contributed by atoms with Crippen molar-refractivity contribution in [3.63, 3.8) is 0 Å². The van der Waals surface area contributed by atoms with Gasteiger partial charge in [-0.25, -0.2) is 0 Å². The van der Waals surface area contributed by atoms with E-state index in [1.807, 2.05) is 31.6 Å². The second kappa shape index (κ2) is 9.30. The van der Waals surface area contributed by atoms with Crippen LogP contribution in [0.4, 0.5) is 0 Å². The van der Waals surface area contributed by atoms with Crippen LogP contribution in [-0.4, -0.2) is 68.4 Å². The first-order valence-electron chi connectivity index (χ1n) is 9.41. The lowest BCUT2D eigenvalue weighted by Gasteiger charge is -2.23. The first-order chi connectivity index (χ1) is 13.9. The average molecular weight is 416 g/mol. The summed E-state index contributed by atoms with van der Waals surface area (Å²) >= 11 is 1.64. The summed E-state index contributed by atoms with van der Waals surface area (Å²) in [5.74, 6) is -0.951. The van der Waals surface area contributed by atoms with Crippen LogP contribution in [0.5, 0.6) is 0 Å². The fraction of sp³-hybridized carbons (Fsp3) is 0.381. The van der Waals surface area contributed by atoms with E-state index in [0.29, 0.717) is 37.2 Å². The summed E-state index contributed by atoms with van der Waals surface area (Å²) in [6, 6.07) is 8.75. The molecule has 7 nitrogen and oxygen atoms in total. The lowest BCUT2D eigenvalue weighted by atomic mass is 10.1. The van der Waals surface area contributed by atoms with Gasteiger partial charge < -0.3 is 15.0 Å². The number of hydrogen-bond donors (Lipinski definition) is 1. The molecule has 0 aliphatic carbocycles. The molecule has 1 atom stereocenters. The zero-order valence-corrected chi connectivity index (χ0v) is 17.6. The number of hydrogen-bond acceptors (Lipinski definition) is 6. The summed E-state index contributed by atoms with van der Waals surface area (Å²) < 4.78 is 4.98. The van der Waals surface area contributed by atoms with E-state index in [2.05, 4.69) is 10.2 Å². The molecule has 3 rings (SSSR count). The number of nitrogens with one attached hydrogen (secondary N) is 1. The summed E-state index contributed by atoms with van der Waals surface area (Å²) in [4.78, 5) is 42.2. The van der Waals surface area contributed by atoms with Crippen LogP contribution in [0.2, 0.25) is 0 Å². The molecule has 1 N–H and O–H groups in total. The molecule has 0 bridgehead atoms. The Bertz CT molecular complexity index is 895. The second-order valence-corrected chi connectivity index (χ2v) is 8.05. The van der Waals surface area contributed by atoms with Gasteiger partial charge in [-0.05, 0) is 50.2 Å². The van der Waals surface area contributed by atoms with Crippen LogP contribution in [0.25, 0.3) is 0 Å². The highest BCUT2D eigenvalue weighted by Gasteiger charge is 2.35. The largest absolute Gasteiger partial charge is 0.385 e. The van der Waals surface area contributed by atoms with Crippen LogP contribution in [0, 0.1) is 0 Å². The maximum Gasteiger partial charge on any atom is 0.261 e. The second-order valence-electron chi connectivity index (χ2n) is 7.07. The Morgan fingerprint density at radius 2 is 1.97 bits per heavy atom. The molecule has 0 unspecified atom stereocenters. The van der Waals surface area contributed by atoms with Gasteiger partial charge in [0.15, 0.2) is 0 Å². The number of carbonyl (C=O) groups excluding carboxylic acids is 3. The highest BCUT2D eigenvalue weighted by Crippen LogP contribution is 2.25. The third-order valence-corrected chi connectivity index (χ3v) is 5.89. The van der Waals surface area contributed by atoms with E-state index in [-0.39, 0.29) is 29.3 Å². The van der Waals surface area contributed by atoms with Crippen molar-refractivity contribution in [1.29, 1.82) is 0 Å². The Hall–Kier alpha value is -2.55. The van der Waals surface area contributed by atoms with Crippen molar-refractivity contribution in [3.05, 3.63) is 57.3 Å². The van der Waals surface area contributed by atoms with E-state index < -0.39 is 0 Å². The van der Waals surface area contributed by atoms with Gasteiger partial charge in [-0.1, -0.05) is 6.07 Å². The molecule has 1 aliphatic rings. The summed E-state index contributed by atoms with van der Waals surface area (Å²) in [5, 5.41) is 4.95. The minimum absolute atomic E-state index is 0.0628. The van der Waals surface area contributed by atoms with Gasteiger partial charge in [0.1, 0.15) is 0 Å². The van der Waals surface area contributed by atoms with Crippen LogP contribution >= 0.6 is 11.3 Å². The molecule has 8 heteroatoms. The maximum absolute atomic E-state index is 12.7. The molecule has 0 spiro atoms. The van der Waals surface area contributed by atoms with Crippen LogP contribution in [-0.2, 0) is 4.74 Å². The normalized spacial score (nSPS) is 14.4. The number of likely N-dealkylation sites (N-methyl/N-ethyl adjacent to an activating group) is 1. The highest BCUT2D eigenvalue weighted by molar-refractivity contribution is 7.10. The Labute approximate surface area is 174 Å². The lowest BCUT2D eigenvalue weighted by Crippen LogP contribution is -2.34. The van der Waals surface area contributed by atoms with Gasteiger partial charge in [0, 0.05) is 37.2 Å². The number of methoxy groups -OCH3 is 1. The van der Waals surface area contributed by atoms with Crippen LogP contribution in [0.15, 0.2) is 35.7 Å². The summed E-state index contributed by atoms with van der Waals surface area (Å²) in [6.07, 6.45) is 0.573.